The summed E-state index contributed by atoms with van der Waals surface area (Å²) >= 11 is 0. The van der Waals surface area contributed by atoms with Gasteiger partial charge in [-0.05, 0) is 18.5 Å². The molecule has 1 aliphatic heterocycles. The van der Waals surface area contributed by atoms with E-state index >= 15 is 0 Å². The molecular weight excluding hydrogens is 316 g/mol. The average Bonchev–Trinajstić information content (AvgIpc) is 2.89. The summed E-state index contributed by atoms with van der Waals surface area (Å²) in [6.45, 7) is 0.412. The highest BCUT2D eigenvalue weighted by molar-refractivity contribution is 5.73. The number of carboxylic acid groups (broad SMARTS) is 1. The molecule has 0 radical (unpaired) electrons. The van der Waals surface area contributed by atoms with Crippen LogP contribution in [-0.2, 0) is 10.2 Å². The maximum atomic E-state index is 13.1. The van der Waals surface area contributed by atoms with Crippen molar-refractivity contribution in [3.63, 3.8) is 0 Å². The molecular formula is C13H13F6NO2. The molecule has 0 aliphatic carbocycles. The molecule has 1 atom stereocenters. The van der Waals surface area contributed by atoms with E-state index in [-0.39, 0.29) is 13.0 Å². The lowest BCUT2D eigenvalue weighted by molar-refractivity contribution is -0.192. The number of alkyl halides is 6. The van der Waals surface area contributed by atoms with Gasteiger partial charge in [-0.2, -0.15) is 26.3 Å². The van der Waals surface area contributed by atoms with Crippen molar-refractivity contribution < 1.29 is 36.2 Å². The molecule has 1 saturated heterocycles. The predicted octanol–water partition coefficient (Wildman–Crippen LogP) is 3.11. The number of hydrogen-bond donors (Lipinski definition) is 2. The fraction of sp³-hybridized carbons (Fsp3) is 0.462. The van der Waals surface area contributed by atoms with E-state index in [1.165, 1.54) is 0 Å². The van der Waals surface area contributed by atoms with E-state index in [1.807, 2.05) is 0 Å². The Morgan fingerprint density at radius 2 is 1.59 bits per heavy atom. The summed E-state index contributed by atoms with van der Waals surface area (Å²) in [5, 5.41) is 9.92. The number of carbonyl (C=O) groups is 1. The molecule has 2 N–H and O–H groups in total. The van der Waals surface area contributed by atoms with Crippen molar-refractivity contribution in [3.8, 4) is 0 Å². The third-order valence-corrected chi connectivity index (χ3v) is 3.27. The van der Waals surface area contributed by atoms with E-state index in [9.17, 15) is 26.3 Å². The predicted molar refractivity (Wildman–Crippen MR) is 65.4 cm³/mol. The monoisotopic (exact) mass is 329 g/mol. The van der Waals surface area contributed by atoms with Crippen molar-refractivity contribution in [3.05, 3.63) is 35.9 Å². The summed E-state index contributed by atoms with van der Waals surface area (Å²) in [5.41, 5.74) is -1.32. The Labute approximate surface area is 121 Å². The number of carboxylic acids is 1. The third kappa shape index (κ3) is 4.12. The van der Waals surface area contributed by atoms with E-state index in [2.05, 4.69) is 5.32 Å². The van der Waals surface area contributed by atoms with Crippen molar-refractivity contribution in [1.29, 1.82) is 0 Å². The molecule has 0 spiro atoms. The Hall–Kier alpha value is -1.77. The van der Waals surface area contributed by atoms with Crippen LogP contribution in [0, 0.1) is 0 Å². The fourth-order valence-corrected chi connectivity index (χ4v) is 2.10. The molecule has 0 aromatic heterocycles. The van der Waals surface area contributed by atoms with Gasteiger partial charge < -0.3 is 10.4 Å². The number of aliphatic carboxylic acids is 1. The lowest BCUT2D eigenvalue weighted by Gasteiger charge is -2.31. The number of hydrogen-bond acceptors (Lipinski definition) is 2. The number of rotatable bonds is 1. The van der Waals surface area contributed by atoms with E-state index in [4.69, 9.17) is 9.90 Å². The van der Waals surface area contributed by atoms with Crippen LogP contribution in [0.25, 0.3) is 0 Å². The summed E-state index contributed by atoms with van der Waals surface area (Å²) in [5.74, 6) is -2.76. The van der Waals surface area contributed by atoms with Crippen LogP contribution in [0.3, 0.4) is 0 Å². The van der Waals surface area contributed by atoms with Crippen LogP contribution in [0.4, 0.5) is 26.3 Å². The van der Waals surface area contributed by atoms with Gasteiger partial charge in [-0.3, -0.25) is 0 Å². The van der Waals surface area contributed by atoms with Crippen LogP contribution in [0.2, 0.25) is 0 Å². The molecule has 1 aliphatic rings. The standard InChI is InChI=1S/C11H12F3N.C2HF3O2/c12-11(13,14)10(6-7-15-8-10)9-4-2-1-3-5-9;3-2(4,5)1(6)7/h1-5,15H,6-8H2;(H,6,7). The fourth-order valence-electron chi connectivity index (χ4n) is 2.10. The largest absolute Gasteiger partial charge is 0.490 e. The first-order chi connectivity index (χ1) is 10.0. The highest BCUT2D eigenvalue weighted by Crippen LogP contribution is 2.45. The topological polar surface area (TPSA) is 49.3 Å². The van der Waals surface area contributed by atoms with Crippen LogP contribution >= 0.6 is 0 Å². The second kappa shape index (κ2) is 6.55. The van der Waals surface area contributed by atoms with E-state index in [0.717, 1.165) is 0 Å². The van der Waals surface area contributed by atoms with Gasteiger partial charge in [0.1, 0.15) is 5.41 Å². The minimum atomic E-state index is -5.08. The quantitative estimate of drug-likeness (QED) is 0.779. The maximum absolute atomic E-state index is 13.1. The molecule has 22 heavy (non-hydrogen) atoms. The Bertz CT molecular complexity index is 491. The van der Waals surface area contributed by atoms with Crippen molar-refractivity contribution in [1.82, 2.24) is 5.32 Å². The van der Waals surface area contributed by atoms with Gasteiger partial charge in [0.05, 0.1) is 0 Å². The van der Waals surface area contributed by atoms with E-state index in [1.54, 1.807) is 30.3 Å². The van der Waals surface area contributed by atoms with Crippen LogP contribution in [0.5, 0.6) is 0 Å². The summed E-state index contributed by atoms with van der Waals surface area (Å²) in [4.78, 5) is 8.90. The number of nitrogens with one attached hydrogen (secondary N) is 1. The van der Waals surface area contributed by atoms with Crippen molar-refractivity contribution >= 4 is 5.97 Å². The van der Waals surface area contributed by atoms with Crippen LogP contribution in [-0.4, -0.2) is 36.5 Å². The molecule has 1 aromatic carbocycles. The first kappa shape index (κ1) is 18.3. The minimum Gasteiger partial charge on any atom is -0.475 e. The van der Waals surface area contributed by atoms with Crippen LogP contribution in [0.15, 0.2) is 30.3 Å². The van der Waals surface area contributed by atoms with E-state index < -0.39 is 23.7 Å². The smallest absolute Gasteiger partial charge is 0.475 e. The first-order valence-corrected chi connectivity index (χ1v) is 6.14. The van der Waals surface area contributed by atoms with Crippen LogP contribution < -0.4 is 5.32 Å². The molecule has 0 amide bonds. The highest BCUT2D eigenvalue weighted by atomic mass is 19.4. The number of halogens is 6. The average molecular weight is 329 g/mol. The van der Waals surface area contributed by atoms with Crippen molar-refractivity contribution in [2.45, 2.75) is 24.2 Å². The molecule has 1 fully saturated rings. The van der Waals surface area contributed by atoms with Gasteiger partial charge in [0.25, 0.3) is 0 Å². The summed E-state index contributed by atoms with van der Waals surface area (Å²) in [6, 6.07) is 8.15. The summed E-state index contributed by atoms with van der Waals surface area (Å²) in [7, 11) is 0. The van der Waals surface area contributed by atoms with Gasteiger partial charge in [-0.1, -0.05) is 30.3 Å². The second-order valence-electron chi connectivity index (χ2n) is 4.68. The van der Waals surface area contributed by atoms with Crippen molar-refractivity contribution in [2.75, 3.05) is 13.1 Å². The molecule has 3 nitrogen and oxygen atoms in total. The zero-order valence-electron chi connectivity index (χ0n) is 11.1. The first-order valence-electron chi connectivity index (χ1n) is 6.14. The zero-order valence-corrected chi connectivity index (χ0v) is 11.1. The minimum absolute atomic E-state index is 0.0134. The van der Waals surface area contributed by atoms with Gasteiger partial charge in [0, 0.05) is 6.54 Å². The van der Waals surface area contributed by atoms with Gasteiger partial charge in [0.15, 0.2) is 0 Å². The Morgan fingerprint density at radius 1 is 1.09 bits per heavy atom. The second-order valence-corrected chi connectivity index (χ2v) is 4.68. The Kier molecular flexibility index (Phi) is 5.44. The molecule has 0 bridgehead atoms. The Balaban J connectivity index is 0.000000295. The van der Waals surface area contributed by atoms with E-state index in [0.29, 0.717) is 12.1 Å². The van der Waals surface area contributed by atoms with Crippen molar-refractivity contribution in [2.24, 2.45) is 0 Å². The molecule has 9 heteroatoms. The highest BCUT2D eigenvalue weighted by Gasteiger charge is 2.56. The zero-order chi connectivity index (χ0) is 17.0. The SMILES string of the molecule is FC(F)(F)C1(c2ccccc2)CCNC1.O=C(O)C(F)(F)F. The molecule has 0 saturated carbocycles. The summed E-state index contributed by atoms with van der Waals surface area (Å²) < 4.78 is 70.9. The third-order valence-electron chi connectivity index (χ3n) is 3.27. The van der Waals surface area contributed by atoms with Gasteiger partial charge in [-0.25, -0.2) is 4.79 Å². The molecule has 2 rings (SSSR count). The van der Waals surface area contributed by atoms with Gasteiger partial charge >= 0.3 is 18.3 Å². The molecule has 1 aromatic rings. The lowest BCUT2D eigenvalue weighted by atomic mass is 9.79. The molecule has 1 unspecified atom stereocenters. The molecule has 124 valence electrons. The lowest BCUT2D eigenvalue weighted by Crippen LogP contribution is -2.44. The van der Waals surface area contributed by atoms with Gasteiger partial charge in [-0.15, -0.1) is 0 Å². The van der Waals surface area contributed by atoms with Crippen LogP contribution in [0.1, 0.15) is 12.0 Å². The summed E-state index contributed by atoms with van der Waals surface area (Å²) in [6.07, 6.45) is -9.14. The number of benzene rings is 1. The molecule has 1 heterocycles. The van der Waals surface area contributed by atoms with Gasteiger partial charge in [0.2, 0.25) is 0 Å². The maximum Gasteiger partial charge on any atom is 0.490 e. The normalized spacial score (nSPS) is 21.9. The Morgan fingerprint density at radius 3 is 1.91 bits per heavy atom.